The third-order valence-electron chi connectivity index (χ3n) is 3.55. The molecule has 0 radical (unpaired) electrons. The van der Waals surface area contributed by atoms with Crippen LogP contribution in [0.4, 0.5) is 0 Å². The van der Waals surface area contributed by atoms with Gasteiger partial charge in [0.25, 0.3) is 0 Å². The van der Waals surface area contributed by atoms with Crippen LogP contribution in [0.2, 0.25) is 0 Å². The van der Waals surface area contributed by atoms with E-state index < -0.39 is 0 Å². The summed E-state index contributed by atoms with van der Waals surface area (Å²) in [5.74, 6) is 0.709. The van der Waals surface area contributed by atoms with Gasteiger partial charge in [-0.25, -0.2) is 0 Å². The van der Waals surface area contributed by atoms with Gasteiger partial charge in [0.2, 0.25) is 0 Å². The molecule has 1 aliphatic heterocycles. The van der Waals surface area contributed by atoms with Crippen molar-refractivity contribution in [3.05, 3.63) is 0 Å². The number of hydrogen-bond donors (Lipinski definition) is 2. The molecular formula is C10H22N2. The highest BCUT2D eigenvalue weighted by Crippen LogP contribution is 2.33. The lowest BCUT2D eigenvalue weighted by molar-refractivity contribution is 0.178. The second-order valence-corrected chi connectivity index (χ2v) is 4.93. The molecule has 2 unspecified atom stereocenters. The molecule has 0 aromatic heterocycles. The van der Waals surface area contributed by atoms with Gasteiger partial charge in [0, 0.05) is 18.6 Å². The Bertz CT molecular complexity index is 152. The Morgan fingerprint density at radius 2 is 2.00 bits per heavy atom. The Balaban J connectivity index is 2.57. The molecule has 1 fully saturated rings. The second kappa shape index (κ2) is 3.35. The van der Waals surface area contributed by atoms with Crippen molar-refractivity contribution in [1.82, 2.24) is 5.32 Å². The predicted molar refractivity (Wildman–Crippen MR) is 53.0 cm³/mol. The third-order valence-corrected chi connectivity index (χ3v) is 3.55. The predicted octanol–water partition coefficient (Wildman–Crippen LogP) is 1.36. The first-order valence-corrected chi connectivity index (χ1v) is 4.93. The molecule has 0 aromatic carbocycles. The second-order valence-electron chi connectivity index (χ2n) is 4.93. The van der Waals surface area contributed by atoms with Crippen LogP contribution in [-0.4, -0.2) is 18.6 Å². The van der Waals surface area contributed by atoms with Crippen molar-refractivity contribution >= 4 is 0 Å². The van der Waals surface area contributed by atoms with Gasteiger partial charge in [0.15, 0.2) is 0 Å². The van der Waals surface area contributed by atoms with E-state index in [4.69, 9.17) is 5.73 Å². The average molecular weight is 170 g/mol. The van der Waals surface area contributed by atoms with Crippen molar-refractivity contribution in [2.75, 3.05) is 6.54 Å². The van der Waals surface area contributed by atoms with Gasteiger partial charge in [-0.2, -0.15) is 0 Å². The molecule has 2 atom stereocenters. The van der Waals surface area contributed by atoms with Gasteiger partial charge in [-0.15, -0.1) is 0 Å². The number of nitrogens with one attached hydrogen (secondary N) is 1. The Kier molecular flexibility index (Phi) is 2.79. The van der Waals surface area contributed by atoms with Crippen molar-refractivity contribution in [1.29, 1.82) is 0 Å². The lowest BCUT2D eigenvalue weighted by Crippen LogP contribution is -2.40. The molecule has 0 aliphatic carbocycles. The maximum atomic E-state index is 5.86. The fourth-order valence-electron chi connectivity index (χ4n) is 1.73. The molecule has 3 N–H and O–H groups in total. The summed E-state index contributed by atoms with van der Waals surface area (Å²) in [5.41, 5.74) is 6.23. The van der Waals surface area contributed by atoms with E-state index in [1.807, 2.05) is 0 Å². The Labute approximate surface area is 75.9 Å². The van der Waals surface area contributed by atoms with Crippen LogP contribution in [0, 0.1) is 11.3 Å². The molecule has 0 aromatic rings. The molecule has 1 rings (SSSR count). The SMILES string of the molecule is CC(C)C(C)(C)C1CC(N)CN1. The van der Waals surface area contributed by atoms with Crippen LogP contribution in [0.1, 0.15) is 34.1 Å². The number of hydrogen-bond acceptors (Lipinski definition) is 2. The monoisotopic (exact) mass is 170 g/mol. The van der Waals surface area contributed by atoms with Gasteiger partial charge < -0.3 is 11.1 Å². The highest BCUT2D eigenvalue weighted by atomic mass is 15.0. The van der Waals surface area contributed by atoms with Gasteiger partial charge in [-0.3, -0.25) is 0 Å². The lowest BCUT2D eigenvalue weighted by Gasteiger charge is -2.35. The van der Waals surface area contributed by atoms with Gasteiger partial charge in [-0.1, -0.05) is 27.7 Å². The van der Waals surface area contributed by atoms with Crippen LogP contribution in [0.5, 0.6) is 0 Å². The van der Waals surface area contributed by atoms with Gasteiger partial charge in [0.1, 0.15) is 0 Å². The summed E-state index contributed by atoms with van der Waals surface area (Å²) in [4.78, 5) is 0. The zero-order valence-corrected chi connectivity index (χ0v) is 8.72. The molecule has 12 heavy (non-hydrogen) atoms. The van der Waals surface area contributed by atoms with Crippen molar-refractivity contribution in [3.63, 3.8) is 0 Å². The number of nitrogens with two attached hydrogens (primary N) is 1. The van der Waals surface area contributed by atoms with Crippen LogP contribution < -0.4 is 11.1 Å². The molecular weight excluding hydrogens is 148 g/mol. The summed E-state index contributed by atoms with van der Waals surface area (Å²) in [6, 6.07) is 0.973. The van der Waals surface area contributed by atoms with E-state index in [2.05, 4.69) is 33.0 Å². The van der Waals surface area contributed by atoms with Gasteiger partial charge in [0.05, 0.1) is 0 Å². The van der Waals surface area contributed by atoms with E-state index in [0.717, 1.165) is 13.0 Å². The van der Waals surface area contributed by atoms with Crippen molar-refractivity contribution < 1.29 is 0 Å². The molecule has 0 amide bonds. The minimum atomic E-state index is 0.369. The summed E-state index contributed by atoms with van der Waals surface area (Å²) >= 11 is 0. The average Bonchev–Trinajstić information content (AvgIpc) is 2.35. The summed E-state index contributed by atoms with van der Waals surface area (Å²) in [5, 5.41) is 3.50. The van der Waals surface area contributed by atoms with Crippen LogP contribution in [0.15, 0.2) is 0 Å². The summed E-state index contributed by atoms with van der Waals surface area (Å²) in [7, 11) is 0. The molecule has 2 heteroatoms. The first kappa shape index (κ1) is 10.0. The van der Waals surface area contributed by atoms with E-state index in [1.54, 1.807) is 0 Å². The summed E-state index contributed by atoms with van der Waals surface area (Å²) in [6.45, 7) is 10.2. The van der Waals surface area contributed by atoms with Crippen LogP contribution in [0.3, 0.4) is 0 Å². The van der Waals surface area contributed by atoms with Crippen molar-refractivity contribution in [3.8, 4) is 0 Å². The van der Waals surface area contributed by atoms with Gasteiger partial charge >= 0.3 is 0 Å². The maximum Gasteiger partial charge on any atom is 0.0180 e. The van der Waals surface area contributed by atoms with E-state index >= 15 is 0 Å². The van der Waals surface area contributed by atoms with Gasteiger partial charge in [-0.05, 0) is 17.8 Å². The standard InChI is InChI=1S/C10H22N2/c1-7(2)10(3,4)9-5-8(11)6-12-9/h7-9,12H,5-6,11H2,1-4H3. The Morgan fingerprint density at radius 3 is 2.33 bits per heavy atom. The quantitative estimate of drug-likeness (QED) is 0.656. The smallest absolute Gasteiger partial charge is 0.0180 e. The summed E-state index contributed by atoms with van der Waals surface area (Å²) < 4.78 is 0. The lowest BCUT2D eigenvalue weighted by atomic mass is 9.74. The van der Waals surface area contributed by atoms with Crippen LogP contribution in [0.25, 0.3) is 0 Å². The van der Waals surface area contributed by atoms with E-state index in [9.17, 15) is 0 Å². The van der Waals surface area contributed by atoms with Crippen LogP contribution in [-0.2, 0) is 0 Å². The van der Waals surface area contributed by atoms with E-state index in [1.165, 1.54) is 0 Å². The normalized spacial score (nSPS) is 31.5. The first-order chi connectivity index (χ1) is 5.44. The van der Waals surface area contributed by atoms with E-state index in [-0.39, 0.29) is 0 Å². The molecule has 1 saturated heterocycles. The fraction of sp³-hybridized carbons (Fsp3) is 1.00. The molecule has 1 aliphatic rings. The largest absolute Gasteiger partial charge is 0.326 e. The molecule has 0 saturated carbocycles. The highest BCUT2D eigenvalue weighted by molar-refractivity contribution is 4.94. The topological polar surface area (TPSA) is 38.0 Å². The van der Waals surface area contributed by atoms with Crippen molar-refractivity contribution in [2.45, 2.75) is 46.2 Å². The number of rotatable bonds is 2. The third kappa shape index (κ3) is 1.80. The minimum Gasteiger partial charge on any atom is -0.326 e. The molecule has 0 bridgehead atoms. The summed E-state index contributed by atoms with van der Waals surface area (Å²) in [6.07, 6.45) is 1.13. The fourth-order valence-corrected chi connectivity index (χ4v) is 1.73. The van der Waals surface area contributed by atoms with Crippen molar-refractivity contribution in [2.24, 2.45) is 17.1 Å². The molecule has 72 valence electrons. The zero-order chi connectivity index (χ0) is 9.35. The Morgan fingerprint density at radius 1 is 1.42 bits per heavy atom. The minimum absolute atomic E-state index is 0.369. The first-order valence-electron chi connectivity index (χ1n) is 4.93. The molecule has 0 spiro atoms. The maximum absolute atomic E-state index is 5.86. The molecule has 2 nitrogen and oxygen atoms in total. The van der Waals surface area contributed by atoms with E-state index in [0.29, 0.717) is 23.4 Å². The van der Waals surface area contributed by atoms with Crippen LogP contribution >= 0.6 is 0 Å². The Hall–Kier alpha value is -0.0800. The molecule has 1 heterocycles. The highest BCUT2D eigenvalue weighted by Gasteiger charge is 2.36. The zero-order valence-electron chi connectivity index (χ0n) is 8.72.